The number of ether oxygens (including phenoxy) is 2. The molecule has 1 aliphatic heterocycles. The highest BCUT2D eigenvalue weighted by Crippen LogP contribution is 2.33. The maximum atomic E-state index is 12.4. The standard InChI is InChI=1S/C23H24N4O3S/c28-21(24-18-8-4-5-9-18)14-31-23-26-25-22(17-6-2-1-3-7-17)27(23)13-16-10-11-19-20(12-16)30-15-29-19/h1-3,6-7,10-12,18H,4-5,8-9,13-15H2,(H,24,28). The molecule has 31 heavy (non-hydrogen) atoms. The van der Waals surface area contributed by atoms with Crippen LogP contribution >= 0.6 is 11.8 Å². The third-order valence-electron chi connectivity index (χ3n) is 5.58. The van der Waals surface area contributed by atoms with Gasteiger partial charge in [0, 0.05) is 11.6 Å². The van der Waals surface area contributed by atoms with E-state index in [1.807, 2.05) is 48.5 Å². The first kappa shape index (κ1) is 19.9. The summed E-state index contributed by atoms with van der Waals surface area (Å²) in [7, 11) is 0. The van der Waals surface area contributed by atoms with Crippen molar-refractivity contribution in [2.45, 2.75) is 43.4 Å². The van der Waals surface area contributed by atoms with E-state index in [9.17, 15) is 4.79 Å². The Kier molecular flexibility index (Phi) is 5.80. The molecule has 7 nitrogen and oxygen atoms in total. The number of benzene rings is 2. The van der Waals surface area contributed by atoms with E-state index in [1.54, 1.807) is 0 Å². The van der Waals surface area contributed by atoms with E-state index in [4.69, 9.17) is 9.47 Å². The van der Waals surface area contributed by atoms with E-state index in [-0.39, 0.29) is 12.7 Å². The minimum Gasteiger partial charge on any atom is -0.454 e. The van der Waals surface area contributed by atoms with Crippen molar-refractivity contribution in [3.8, 4) is 22.9 Å². The highest BCUT2D eigenvalue weighted by molar-refractivity contribution is 7.99. The second-order valence-electron chi connectivity index (χ2n) is 7.78. The number of nitrogens with zero attached hydrogens (tertiary/aromatic N) is 3. The van der Waals surface area contributed by atoms with Gasteiger partial charge in [-0.1, -0.05) is 61.0 Å². The molecule has 1 aromatic heterocycles. The molecule has 2 aromatic carbocycles. The quantitative estimate of drug-likeness (QED) is 0.567. The van der Waals surface area contributed by atoms with Crippen molar-refractivity contribution in [2.24, 2.45) is 0 Å². The van der Waals surface area contributed by atoms with E-state index in [0.717, 1.165) is 46.4 Å². The molecule has 0 spiro atoms. The Balaban J connectivity index is 1.37. The van der Waals surface area contributed by atoms with Gasteiger partial charge in [0.2, 0.25) is 12.7 Å². The first-order valence-electron chi connectivity index (χ1n) is 10.6. The number of nitrogens with one attached hydrogen (secondary N) is 1. The van der Waals surface area contributed by atoms with Crippen molar-refractivity contribution in [1.82, 2.24) is 20.1 Å². The van der Waals surface area contributed by atoms with Crippen molar-refractivity contribution in [3.05, 3.63) is 54.1 Å². The molecule has 1 N–H and O–H groups in total. The summed E-state index contributed by atoms with van der Waals surface area (Å²) in [5.74, 6) is 2.66. The van der Waals surface area contributed by atoms with Crippen LogP contribution in [0, 0.1) is 0 Å². The maximum Gasteiger partial charge on any atom is 0.231 e. The summed E-state index contributed by atoms with van der Waals surface area (Å²) in [5.41, 5.74) is 2.04. The average Bonchev–Trinajstić information content (AvgIpc) is 3.54. The monoisotopic (exact) mass is 436 g/mol. The summed E-state index contributed by atoms with van der Waals surface area (Å²) in [6.45, 7) is 0.818. The highest BCUT2D eigenvalue weighted by Gasteiger charge is 2.20. The molecule has 160 valence electrons. The zero-order valence-electron chi connectivity index (χ0n) is 17.1. The molecule has 2 aliphatic rings. The number of aromatic nitrogens is 3. The normalized spacial score (nSPS) is 15.4. The fraction of sp³-hybridized carbons (Fsp3) is 0.348. The van der Waals surface area contributed by atoms with Crippen LogP contribution in [0.4, 0.5) is 0 Å². The molecular weight excluding hydrogens is 412 g/mol. The van der Waals surface area contributed by atoms with Crippen molar-refractivity contribution >= 4 is 17.7 Å². The molecule has 0 saturated heterocycles. The summed E-state index contributed by atoms with van der Waals surface area (Å²) in [6.07, 6.45) is 4.55. The third kappa shape index (κ3) is 4.54. The molecule has 1 amide bonds. The van der Waals surface area contributed by atoms with Crippen LogP contribution in [-0.4, -0.2) is 39.3 Å². The van der Waals surface area contributed by atoms with Crippen molar-refractivity contribution in [2.75, 3.05) is 12.5 Å². The van der Waals surface area contributed by atoms with E-state index < -0.39 is 0 Å². The number of amides is 1. The number of carbonyl (C=O) groups excluding carboxylic acids is 1. The van der Waals surface area contributed by atoms with E-state index in [2.05, 4.69) is 20.1 Å². The molecule has 0 atom stereocenters. The Bertz CT molecular complexity index is 1060. The second-order valence-corrected chi connectivity index (χ2v) is 8.73. The Morgan fingerprint density at radius 2 is 1.87 bits per heavy atom. The summed E-state index contributed by atoms with van der Waals surface area (Å²) in [6, 6.07) is 16.2. The average molecular weight is 437 g/mol. The van der Waals surface area contributed by atoms with Crippen LogP contribution < -0.4 is 14.8 Å². The van der Waals surface area contributed by atoms with Gasteiger partial charge in [0.15, 0.2) is 22.5 Å². The van der Waals surface area contributed by atoms with Crippen LogP contribution in [0.1, 0.15) is 31.2 Å². The van der Waals surface area contributed by atoms with Crippen molar-refractivity contribution < 1.29 is 14.3 Å². The number of rotatable bonds is 7. The van der Waals surface area contributed by atoms with Gasteiger partial charge < -0.3 is 14.8 Å². The molecule has 3 aromatic rings. The lowest BCUT2D eigenvalue weighted by Crippen LogP contribution is -2.33. The second kappa shape index (κ2) is 9.01. The van der Waals surface area contributed by atoms with Gasteiger partial charge in [0.25, 0.3) is 0 Å². The lowest BCUT2D eigenvalue weighted by atomic mass is 10.2. The zero-order valence-corrected chi connectivity index (χ0v) is 17.9. The Hall–Kier alpha value is -3.00. The summed E-state index contributed by atoms with van der Waals surface area (Å²) in [4.78, 5) is 12.4. The van der Waals surface area contributed by atoms with Gasteiger partial charge in [-0.25, -0.2) is 0 Å². The Morgan fingerprint density at radius 1 is 1.06 bits per heavy atom. The number of thioether (sulfide) groups is 1. The summed E-state index contributed by atoms with van der Waals surface area (Å²) in [5, 5.41) is 12.7. The molecule has 1 saturated carbocycles. The molecule has 8 heteroatoms. The zero-order chi connectivity index (χ0) is 21.0. The summed E-state index contributed by atoms with van der Waals surface area (Å²) >= 11 is 1.42. The van der Waals surface area contributed by atoms with Crippen LogP contribution in [0.25, 0.3) is 11.4 Å². The van der Waals surface area contributed by atoms with Crippen LogP contribution in [-0.2, 0) is 11.3 Å². The van der Waals surface area contributed by atoms with Crippen LogP contribution in [0.3, 0.4) is 0 Å². The smallest absolute Gasteiger partial charge is 0.231 e. The van der Waals surface area contributed by atoms with Crippen LogP contribution in [0.2, 0.25) is 0 Å². The number of fused-ring (bicyclic) bond motifs is 1. The molecule has 0 unspecified atom stereocenters. The number of carbonyl (C=O) groups is 1. The van der Waals surface area contributed by atoms with Gasteiger partial charge in [-0.05, 0) is 30.5 Å². The predicted molar refractivity (Wildman–Crippen MR) is 118 cm³/mol. The minimum absolute atomic E-state index is 0.0517. The van der Waals surface area contributed by atoms with Gasteiger partial charge in [-0.3, -0.25) is 9.36 Å². The van der Waals surface area contributed by atoms with Gasteiger partial charge in [0.05, 0.1) is 12.3 Å². The van der Waals surface area contributed by atoms with Gasteiger partial charge >= 0.3 is 0 Å². The molecular formula is C23H24N4O3S. The topological polar surface area (TPSA) is 78.3 Å². The number of hydrogen-bond acceptors (Lipinski definition) is 6. The van der Waals surface area contributed by atoms with Crippen molar-refractivity contribution in [3.63, 3.8) is 0 Å². The van der Waals surface area contributed by atoms with Crippen LogP contribution in [0.5, 0.6) is 11.5 Å². The predicted octanol–water partition coefficient (Wildman–Crippen LogP) is 3.87. The first-order chi connectivity index (χ1) is 15.3. The highest BCUT2D eigenvalue weighted by atomic mass is 32.2. The lowest BCUT2D eigenvalue weighted by molar-refractivity contribution is -0.119. The Labute approximate surface area is 185 Å². The van der Waals surface area contributed by atoms with Crippen molar-refractivity contribution in [1.29, 1.82) is 0 Å². The molecule has 1 aliphatic carbocycles. The SMILES string of the molecule is O=C(CSc1nnc(-c2ccccc2)n1Cc1ccc2c(c1)OCO2)NC1CCCC1. The molecule has 0 bridgehead atoms. The molecule has 0 radical (unpaired) electrons. The van der Waals surface area contributed by atoms with E-state index >= 15 is 0 Å². The molecule has 1 fully saturated rings. The minimum atomic E-state index is 0.0517. The largest absolute Gasteiger partial charge is 0.454 e. The van der Waals surface area contributed by atoms with E-state index in [0.29, 0.717) is 18.3 Å². The van der Waals surface area contributed by atoms with Gasteiger partial charge in [0.1, 0.15) is 0 Å². The summed E-state index contributed by atoms with van der Waals surface area (Å²) < 4.78 is 13.0. The Morgan fingerprint density at radius 3 is 2.71 bits per heavy atom. The van der Waals surface area contributed by atoms with Crippen LogP contribution in [0.15, 0.2) is 53.7 Å². The van der Waals surface area contributed by atoms with E-state index in [1.165, 1.54) is 24.6 Å². The maximum absolute atomic E-state index is 12.4. The van der Waals surface area contributed by atoms with Gasteiger partial charge in [-0.2, -0.15) is 0 Å². The lowest BCUT2D eigenvalue weighted by Gasteiger charge is -2.13. The first-order valence-corrected chi connectivity index (χ1v) is 11.5. The third-order valence-corrected chi connectivity index (χ3v) is 6.55. The fourth-order valence-corrected chi connectivity index (χ4v) is 4.78. The fourth-order valence-electron chi connectivity index (χ4n) is 4.03. The molecule has 5 rings (SSSR count). The number of hydrogen-bond donors (Lipinski definition) is 1. The molecule has 2 heterocycles. The van der Waals surface area contributed by atoms with Gasteiger partial charge in [-0.15, -0.1) is 10.2 Å².